The topological polar surface area (TPSA) is 46.2 Å². The van der Waals surface area contributed by atoms with Gasteiger partial charge >= 0.3 is 0 Å². The van der Waals surface area contributed by atoms with Gasteiger partial charge in [-0.2, -0.15) is 0 Å². The molecule has 14 heavy (non-hydrogen) atoms. The number of phenolic OH excluding ortho intramolecular Hbond substituents is 1. The summed E-state index contributed by atoms with van der Waals surface area (Å²) in [4.78, 5) is 0. The summed E-state index contributed by atoms with van der Waals surface area (Å²) in [5.74, 6) is 0.120. The van der Waals surface area contributed by atoms with Crippen molar-refractivity contribution in [3.8, 4) is 5.75 Å². The molecule has 0 spiro atoms. The number of hydrogen-bond donors (Lipinski definition) is 2. The summed E-state index contributed by atoms with van der Waals surface area (Å²) in [6.07, 6.45) is 3.27. The van der Waals surface area contributed by atoms with E-state index in [4.69, 9.17) is 17.3 Å². The highest BCUT2D eigenvalue weighted by atomic mass is 35.5. The summed E-state index contributed by atoms with van der Waals surface area (Å²) >= 11 is 5.87. The van der Waals surface area contributed by atoms with Gasteiger partial charge in [0, 0.05) is 12.1 Å². The molecule has 3 N–H and O–H groups in total. The fourth-order valence-electron chi connectivity index (χ4n) is 1.40. The Morgan fingerprint density at radius 2 is 2.14 bits per heavy atom. The van der Waals surface area contributed by atoms with Crippen molar-refractivity contribution in [2.24, 2.45) is 5.73 Å². The molecule has 0 atom stereocenters. The van der Waals surface area contributed by atoms with Crippen LogP contribution in [0.15, 0.2) is 12.1 Å². The molecule has 0 aliphatic heterocycles. The first-order valence-corrected chi connectivity index (χ1v) is 5.27. The fraction of sp³-hybridized carbons (Fsp3) is 0.455. The van der Waals surface area contributed by atoms with Gasteiger partial charge in [0.25, 0.3) is 0 Å². The number of phenols is 1. The Hall–Kier alpha value is -0.730. The fourth-order valence-corrected chi connectivity index (χ4v) is 1.66. The van der Waals surface area contributed by atoms with Crippen LogP contribution in [0, 0.1) is 0 Å². The number of aryl methyl sites for hydroxylation is 1. The van der Waals surface area contributed by atoms with E-state index in [-0.39, 0.29) is 5.75 Å². The average molecular weight is 214 g/mol. The molecule has 0 fully saturated rings. The van der Waals surface area contributed by atoms with Gasteiger partial charge in [-0.05, 0) is 24.5 Å². The highest BCUT2D eigenvalue weighted by Gasteiger charge is 2.06. The summed E-state index contributed by atoms with van der Waals surface area (Å²) in [6.45, 7) is 2.47. The largest absolute Gasteiger partial charge is 0.506 e. The summed E-state index contributed by atoms with van der Waals surface area (Å²) < 4.78 is 0. The molecule has 0 amide bonds. The minimum Gasteiger partial charge on any atom is -0.506 e. The van der Waals surface area contributed by atoms with Gasteiger partial charge in [0.15, 0.2) is 0 Å². The normalized spacial score (nSPS) is 10.5. The van der Waals surface area contributed by atoms with E-state index in [1.807, 2.05) is 12.1 Å². The lowest BCUT2D eigenvalue weighted by molar-refractivity contribution is 0.468. The number of rotatable bonds is 4. The van der Waals surface area contributed by atoms with Crippen LogP contribution in [0.3, 0.4) is 0 Å². The van der Waals surface area contributed by atoms with Crippen LogP contribution in [-0.4, -0.2) is 5.11 Å². The molecular weight excluding hydrogens is 198 g/mol. The van der Waals surface area contributed by atoms with Crippen LogP contribution in [0.2, 0.25) is 5.02 Å². The zero-order chi connectivity index (χ0) is 10.6. The van der Waals surface area contributed by atoms with E-state index < -0.39 is 0 Å². The predicted molar refractivity (Wildman–Crippen MR) is 59.6 cm³/mol. The first-order chi connectivity index (χ1) is 6.69. The average Bonchev–Trinajstić information content (AvgIpc) is 2.19. The van der Waals surface area contributed by atoms with Crippen molar-refractivity contribution in [3.63, 3.8) is 0 Å². The molecule has 0 aliphatic rings. The van der Waals surface area contributed by atoms with E-state index in [0.29, 0.717) is 11.6 Å². The van der Waals surface area contributed by atoms with Gasteiger partial charge in [-0.1, -0.05) is 31.0 Å². The van der Waals surface area contributed by atoms with Crippen molar-refractivity contribution in [2.75, 3.05) is 0 Å². The summed E-state index contributed by atoms with van der Waals surface area (Å²) in [6, 6.07) is 3.74. The SMILES string of the molecule is CCCCc1cc(Cl)c(O)c(CN)c1. The van der Waals surface area contributed by atoms with Gasteiger partial charge in [0.05, 0.1) is 5.02 Å². The molecule has 0 saturated carbocycles. The molecule has 0 bridgehead atoms. The third-order valence-electron chi connectivity index (χ3n) is 2.24. The Bertz CT molecular complexity index is 312. The minimum atomic E-state index is 0.120. The molecule has 0 heterocycles. The molecular formula is C11H16ClNO. The van der Waals surface area contributed by atoms with Crippen LogP contribution in [0.1, 0.15) is 30.9 Å². The van der Waals surface area contributed by atoms with Crippen LogP contribution >= 0.6 is 11.6 Å². The zero-order valence-electron chi connectivity index (χ0n) is 8.39. The van der Waals surface area contributed by atoms with Gasteiger partial charge in [0.2, 0.25) is 0 Å². The lowest BCUT2D eigenvalue weighted by Gasteiger charge is -2.07. The molecule has 0 radical (unpaired) electrons. The number of aromatic hydroxyl groups is 1. The number of hydrogen-bond acceptors (Lipinski definition) is 2. The Labute approximate surface area is 89.7 Å². The number of unbranched alkanes of at least 4 members (excludes halogenated alkanes) is 1. The second-order valence-electron chi connectivity index (χ2n) is 3.39. The predicted octanol–water partition coefficient (Wildman–Crippen LogP) is 2.85. The van der Waals surface area contributed by atoms with Crippen molar-refractivity contribution in [3.05, 3.63) is 28.3 Å². The van der Waals surface area contributed by atoms with E-state index in [0.717, 1.165) is 30.4 Å². The monoisotopic (exact) mass is 213 g/mol. The van der Waals surface area contributed by atoms with Crippen molar-refractivity contribution in [1.82, 2.24) is 0 Å². The summed E-state index contributed by atoms with van der Waals surface area (Å²) in [5.41, 5.74) is 7.37. The number of benzene rings is 1. The molecule has 0 aromatic heterocycles. The Kier molecular flexibility index (Phi) is 4.23. The van der Waals surface area contributed by atoms with E-state index >= 15 is 0 Å². The quantitative estimate of drug-likeness (QED) is 0.808. The Balaban J connectivity index is 2.91. The second kappa shape index (κ2) is 5.23. The smallest absolute Gasteiger partial charge is 0.138 e. The van der Waals surface area contributed by atoms with Crippen LogP contribution in [-0.2, 0) is 13.0 Å². The molecule has 0 aliphatic carbocycles. The van der Waals surface area contributed by atoms with Crippen LogP contribution < -0.4 is 5.73 Å². The second-order valence-corrected chi connectivity index (χ2v) is 3.80. The van der Waals surface area contributed by atoms with Crippen molar-refractivity contribution < 1.29 is 5.11 Å². The lowest BCUT2D eigenvalue weighted by atomic mass is 10.0. The highest BCUT2D eigenvalue weighted by Crippen LogP contribution is 2.29. The number of nitrogens with two attached hydrogens (primary N) is 1. The minimum absolute atomic E-state index is 0.120. The summed E-state index contributed by atoms with van der Waals surface area (Å²) in [5, 5.41) is 9.94. The van der Waals surface area contributed by atoms with Crippen molar-refractivity contribution >= 4 is 11.6 Å². The van der Waals surface area contributed by atoms with Gasteiger partial charge in [-0.15, -0.1) is 0 Å². The first kappa shape index (κ1) is 11.3. The van der Waals surface area contributed by atoms with Crippen molar-refractivity contribution in [2.45, 2.75) is 32.7 Å². The van der Waals surface area contributed by atoms with Gasteiger partial charge < -0.3 is 10.8 Å². The third kappa shape index (κ3) is 2.63. The lowest BCUT2D eigenvalue weighted by Crippen LogP contribution is -1.98. The van der Waals surface area contributed by atoms with Crippen LogP contribution in [0.5, 0.6) is 5.75 Å². The first-order valence-electron chi connectivity index (χ1n) is 4.89. The maximum atomic E-state index is 9.54. The van der Waals surface area contributed by atoms with Gasteiger partial charge in [-0.3, -0.25) is 0 Å². The molecule has 1 rings (SSSR count). The molecule has 2 nitrogen and oxygen atoms in total. The molecule has 0 unspecified atom stereocenters. The van der Waals surface area contributed by atoms with Crippen LogP contribution in [0.25, 0.3) is 0 Å². The van der Waals surface area contributed by atoms with E-state index in [2.05, 4.69) is 6.92 Å². The maximum Gasteiger partial charge on any atom is 0.138 e. The molecule has 1 aromatic rings. The van der Waals surface area contributed by atoms with Gasteiger partial charge in [0.1, 0.15) is 5.75 Å². The third-order valence-corrected chi connectivity index (χ3v) is 2.53. The van der Waals surface area contributed by atoms with E-state index in [9.17, 15) is 5.11 Å². The zero-order valence-corrected chi connectivity index (χ0v) is 9.14. The summed E-state index contributed by atoms with van der Waals surface area (Å²) in [7, 11) is 0. The highest BCUT2D eigenvalue weighted by molar-refractivity contribution is 6.32. The molecule has 78 valence electrons. The van der Waals surface area contributed by atoms with E-state index in [1.165, 1.54) is 0 Å². The molecule has 1 aromatic carbocycles. The van der Waals surface area contributed by atoms with Crippen LogP contribution in [0.4, 0.5) is 0 Å². The molecule has 0 saturated heterocycles. The number of halogens is 1. The Morgan fingerprint density at radius 3 is 2.71 bits per heavy atom. The molecule has 3 heteroatoms. The maximum absolute atomic E-state index is 9.54. The van der Waals surface area contributed by atoms with Gasteiger partial charge in [-0.25, -0.2) is 0 Å². The van der Waals surface area contributed by atoms with E-state index in [1.54, 1.807) is 0 Å². The Morgan fingerprint density at radius 1 is 1.43 bits per heavy atom. The standard InChI is InChI=1S/C11H16ClNO/c1-2-3-4-8-5-9(7-13)11(14)10(12)6-8/h5-6,14H,2-4,7,13H2,1H3. The van der Waals surface area contributed by atoms with Crippen molar-refractivity contribution in [1.29, 1.82) is 0 Å².